The van der Waals surface area contributed by atoms with Crippen LogP contribution in [0.1, 0.15) is 11.1 Å². The average Bonchev–Trinajstić information content (AvgIpc) is 2.95. The first-order chi connectivity index (χ1) is 10.9. The summed E-state index contributed by atoms with van der Waals surface area (Å²) in [4.78, 5) is 10.2. The number of nitrogens with two attached hydrogens (primary N) is 1. The standard InChI is InChI=1S/C14H12N6O2S/c1-8-2-3-11(13-12(8)9(4-15)5-17-13)20-23(21,22)10-6-18-14(16)19-7-10/h2-3,5-7,17,20H,1H3,(H2,16,18,19). The van der Waals surface area contributed by atoms with E-state index in [1.165, 1.54) is 0 Å². The largest absolute Gasteiger partial charge is 0.368 e. The number of anilines is 2. The van der Waals surface area contributed by atoms with Gasteiger partial charge in [-0.3, -0.25) is 4.72 Å². The number of nitrogens with one attached hydrogen (secondary N) is 2. The highest BCUT2D eigenvalue weighted by Crippen LogP contribution is 2.29. The van der Waals surface area contributed by atoms with Crippen molar-refractivity contribution in [3.63, 3.8) is 0 Å². The zero-order valence-electron chi connectivity index (χ0n) is 12.0. The van der Waals surface area contributed by atoms with Gasteiger partial charge in [-0.1, -0.05) is 6.07 Å². The van der Waals surface area contributed by atoms with E-state index in [-0.39, 0.29) is 10.8 Å². The van der Waals surface area contributed by atoms with Gasteiger partial charge in [0.05, 0.1) is 29.2 Å². The summed E-state index contributed by atoms with van der Waals surface area (Å²) in [5.74, 6) is -0.00953. The molecular weight excluding hydrogens is 316 g/mol. The number of aromatic nitrogens is 3. The Hall–Kier alpha value is -3.12. The average molecular weight is 328 g/mol. The van der Waals surface area contributed by atoms with Crippen molar-refractivity contribution in [2.45, 2.75) is 11.8 Å². The molecule has 0 amide bonds. The Morgan fingerprint density at radius 1 is 1.30 bits per heavy atom. The van der Waals surface area contributed by atoms with E-state index in [4.69, 9.17) is 11.0 Å². The van der Waals surface area contributed by atoms with Gasteiger partial charge in [0, 0.05) is 11.6 Å². The van der Waals surface area contributed by atoms with Crippen molar-refractivity contribution in [2.75, 3.05) is 10.5 Å². The number of hydrogen-bond acceptors (Lipinski definition) is 6. The van der Waals surface area contributed by atoms with Gasteiger partial charge in [-0.25, -0.2) is 18.4 Å². The Kier molecular flexibility index (Phi) is 3.38. The van der Waals surface area contributed by atoms with E-state index in [1.54, 1.807) is 18.3 Å². The summed E-state index contributed by atoms with van der Waals surface area (Å²) < 4.78 is 27.3. The molecule has 2 heterocycles. The molecule has 0 fully saturated rings. The van der Waals surface area contributed by atoms with Gasteiger partial charge in [-0.15, -0.1) is 0 Å². The van der Waals surface area contributed by atoms with Crippen LogP contribution in [0.3, 0.4) is 0 Å². The first-order valence-electron chi connectivity index (χ1n) is 6.53. The maximum Gasteiger partial charge on any atom is 0.265 e. The number of sulfonamides is 1. The van der Waals surface area contributed by atoms with Gasteiger partial charge in [-0.2, -0.15) is 5.26 Å². The maximum absolute atomic E-state index is 12.4. The molecular formula is C14H12N6O2S. The molecule has 0 atom stereocenters. The third kappa shape index (κ3) is 2.56. The molecule has 0 unspecified atom stereocenters. The maximum atomic E-state index is 12.4. The summed E-state index contributed by atoms with van der Waals surface area (Å²) in [7, 11) is -3.87. The van der Waals surface area contributed by atoms with E-state index in [9.17, 15) is 8.42 Å². The Morgan fingerprint density at radius 3 is 2.65 bits per heavy atom. The van der Waals surface area contributed by atoms with Gasteiger partial charge in [-0.05, 0) is 18.6 Å². The second-order valence-corrected chi connectivity index (χ2v) is 6.56. The topological polar surface area (TPSA) is 138 Å². The van der Waals surface area contributed by atoms with Crippen LogP contribution < -0.4 is 10.5 Å². The molecule has 0 bridgehead atoms. The van der Waals surface area contributed by atoms with E-state index < -0.39 is 10.0 Å². The van der Waals surface area contributed by atoms with Crippen molar-refractivity contribution in [3.8, 4) is 6.07 Å². The minimum Gasteiger partial charge on any atom is -0.368 e. The third-order valence-electron chi connectivity index (χ3n) is 3.37. The molecule has 0 radical (unpaired) electrons. The molecule has 0 saturated carbocycles. The molecule has 9 heteroatoms. The van der Waals surface area contributed by atoms with Crippen LogP contribution in [0.5, 0.6) is 0 Å². The molecule has 0 spiro atoms. The lowest BCUT2D eigenvalue weighted by Gasteiger charge is -2.10. The second kappa shape index (κ2) is 5.26. The number of benzene rings is 1. The Bertz CT molecular complexity index is 1030. The van der Waals surface area contributed by atoms with Crippen molar-refractivity contribution in [3.05, 3.63) is 41.9 Å². The van der Waals surface area contributed by atoms with E-state index in [0.717, 1.165) is 18.0 Å². The smallest absolute Gasteiger partial charge is 0.265 e. The lowest BCUT2D eigenvalue weighted by atomic mass is 10.1. The number of fused-ring (bicyclic) bond motifs is 1. The van der Waals surface area contributed by atoms with Crippen LogP contribution in [0.2, 0.25) is 0 Å². The van der Waals surface area contributed by atoms with Gasteiger partial charge in [0.25, 0.3) is 10.0 Å². The van der Waals surface area contributed by atoms with Crippen LogP contribution in [-0.4, -0.2) is 23.4 Å². The number of aryl methyl sites for hydroxylation is 1. The van der Waals surface area contributed by atoms with Crippen molar-refractivity contribution in [1.29, 1.82) is 5.26 Å². The molecule has 3 rings (SSSR count). The fourth-order valence-corrected chi connectivity index (χ4v) is 3.22. The number of rotatable bonds is 3. The van der Waals surface area contributed by atoms with Gasteiger partial charge in [0.2, 0.25) is 5.95 Å². The molecule has 23 heavy (non-hydrogen) atoms. The molecule has 8 nitrogen and oxygen atoms in total. The lowest BCUT2D eigenvalue weighted by molar-refractivity contribution is 0.600. The van der Waals surface area contributed by atoms with Crippen LogP contribution in [0.4, 0.5) is 11.6 Å². The highest BCUT2D eigenvalue weighted by Gasteiger charge is 2.18. The third-order valence-corrected chi connectivity index (χ3v) is 4.69. The monoisotopic (exact) mass is 328 g/mol. The molecule has 116 valence electrons. The molecule has 0 aliphatic heterocycles. The summed E-state index contributed by atoms with van der Waals surface area (Å²) in [6, 6.07) is 5.45. The van der Waals surface area contributed by atoms with Crippen LogP contribution in [0.15, 0.2) is 35.6 Å². The number of hydrogen-bond donors (Lipinski definition) is 3. The quantitative estimate of drug-likeness (QED) is 0.666. The van der Waals surface area contributed by atoms with Crippen LogP contribution in [0, 0.1) is 18.3 Å². The van der Waals surface area contributed by atoms with E-state index in [2.05, 4.69) is 25.7 Å². The van der Waals surface area contributed by atoms with E-state index >= 15 is 0 Å². The number of aromatic amines is 1. The fourth-order valence-electron chi connectivity index (χ4n) is 2.26. The first-order valence-corrected chi connectivity index (χ1v) is 8.02. The van der Waals surface area contributed by atoms with Gasteiger partial charge >= 0.3 is 0 Å². The minimum absolute atomic E-state index is 0.00953. The predicted molar refractivity (Wildman–Crippen MR) is 85.0 cm³/mol. The van der Waals surface area contributed by atoms with Gasteiger partial charge in [0.1, 0.15) is 11.0 Å². The second-order valence-electron chi connectivity index (χ2n) is 4.88. The van der Waals surface area contributed by atoms with Crippen molar-refractivity contribution < 1.29 is 8.42 Å². The summed E-state index contributed by atoms with van der Waals surface area (Å²) >= 11 is 0. The Labute approximate surface area is 132 Å². The summed E-state index contributed by atoms with van der Waals surface area (Å²) in [5, 5.41) is 9.82. The highest BCUT2D eigenvalue weighted by atomic mass is 32.2. The first kappa shape index (κ1) is 14.8. The number of nitrogens with zero attached hydrogens (tertiary/aromatic N) is 3. The Balaban J connectivity index is 2.08. The van der Waals surface area contributed by atoms with Crippen molar-refractivity contribution in [1.82, 2.24) is 15.0 Å². The van der Waals surface area contributed by atoms with Crippen LogP contribution in [0.25, 0.3) is 10.9 Å². The molecule has 0 aliphatic rings. The van der Waals surface area contributed by atoms with E-state index in [0.29, 0.717) is 22.2 Å². The normalized spacial score (nSPS) is 11.3. The molecule has 4 N–H and O–H groups in total. The van der Waals surface area contributed by atoms with Crippen LogP contribution >= 0.6 is 0 Å². The summed E-state index contributed by atoms with van der Waals surface area (Å²) in [6.07, 6.45) is 3.80. The zero-order valence-corrected chi connectivity index (χ0v) is 12.8. The molecule has 3 aromatic rings. The minimum atomic E-state index is -3.87. The number of H-pyrrole nitrogens is 1. The fraction of sp³-hybridized carbons (Fsp3) is 0.0714. The van der Waals surface area contributed by atoms with Gasteiger partial charge in [0.15, 0.2) is 0 Å². The predicted octanol–water partition coefficient (Wildman–Crippen LogP) is 1.52. The molecule has 0 saturated heterocycles. The highest BCUT2D eigenvalue weighted by molar-refractivity contribution is 7.92. The SMILES string of the molecule is Cc1ccc(NS(=O)(=O)c2cnc(N)nc2)c2[nH]cc(C#N)c12. The van der Waals surface area contributed by atoms with Crippen molar-refractivity contribution in [2.24, 2.45) is 0 Å². The van der Waals surface area contributed by atoms with Crippen molar-refractivity contribution >= 4 is 32.6 Å². The molecule has 0 aliphatic carbocycles. The van der Waals surface area contributed by atoms with Crippen LogP contribution in [-0.2, 0) is 10.0 Å². The lowest BCUT2D eigenvalue weighted by Crippen LogP contribution is -2.14. The molecule has 1 aromatic carbocycles. The van der Waals surface area contributed by atoms with E-state index in [1.807, 2.05) is 6.92 Å². The zero-order chi connectivity index (χ0) is 16.6. The summed E-state index contributed by atoms with van der Waals surface area (Å²) in [6.45, 7) is 1.85. The van der Waals surface area contributed by atoms with Gasteiger partial charge < -0.3 is 10.7 Å². The summed E-state index contributed by atoms with van der Waals surface area (Å²) in [5.41, 5.74) is 7.56. The Morgan fingerprint density at radius 2 is 2.00 bits per heavy atom. The molecule has 2 aromatic heterocycles. The number of nitrogen functional groups attached to an aromatic ring is 1. The number of nitriles is 1.